The lowest BCUT2D eigenvalue weighted by molar-refractivity contribution is 0.0582. The molecule has 5 nitrogen and oxygen atoms in total. The summed E-state index contributed by atoms with van der Waals surface area (Å²) < 4.78 is 10.7. The summed E-state index contributed by atoms with van der Waals surface area (Å²) in [4.78, 5) is 17.4. The van der Waals surface area contributed by atoms with Gasteiger partial charge in [-0.25, -0.2) is 9.78 Å². The van der Waals surface area contributed by atoms with E-state index in [4.69, 9.17) is 9.47 Å². The Balaban J connectivity index is 1.95. The highest BCUT2D eigenvalue weighted by Gasteiger charge is 2.27. The van der Waals surface area contributed by atoms with Crippen LogP contribution in [0.25, 0.3) is 10.6 Å². The molecule has 1 aromatic heterocycles. The number of hydrogen-bond donors (Lipinski definition) is 1. The second kappa shape index (κ2) is 6.68. The second-order valence-corrected chi connectivity index (χ2v) is 6.90. The second-order valence-electron chi connectivity index (χ2n) is 5.67. The number of thiazole rings is 1. The first-order valence-electron chi connectivity index (χ1n) is 7.58. The zero-order valence-corrected chi connectivity index (χ0v) is 13.9. The van der Waals surface area contributed by atoms with Gasteiger partial charge in [-0.05, 0) is 44.4 Å². The Kier molecular flexibility index (Phi) is 4.63. The van der Waals surface area contributed by atoms with Crippen LogP contribution >= 0.6 is 11.3 Å². The molecule has 6 heteroatoms. The van der Waals surface area contributed by atoms with Gasteiger partial charge in [-0.3, -0.25) is 0 Å². The lowest BCUT2D eigenvalue weighted by Gasteiger charge is -2.18. The number of carbonyl (C=O) groups excluding carboxylic acids is 1. The Hall–Kier alpha value is -1.92. The van der Waals surface area contributed by atoms with Gasteiger partial charge in [0.1, 0.15) is 16.9 Å². The average molecular weight is 333 g/mol. The molecule has 1 heterocycles. The molecule has 0 amide bonds. The highest BCUT2D eigenvalue weighted by atomic mass is 32.1. The van der Waals surface area contributed by atoms with Crippen molar-refractivity contribution >= 4 is 17.3 Å². The molecule has 2 atom stereocenters. The molecule has 1 saturated carbocycles. The number of rotatable bonds is 4. The third kappa shape index (κ3) is 3.54. The van der Waals surface area contributed by atoms with Crippen LogP contribution < -0.4 is 4.74 Å². The molecule has 1 fully saturated rings. The van der Waals surface area contributed by atoms with Crippen molar-refractivity contribution in [3.05, 3.63) is 34.8 Å². The normalized spacial score (nSPS) is 20.5. The number of carbonyl (C=O) groups is 1. The van der Waals surface area contributed by atoms with Crippen LogP contribution in [-0.2, 0) is 4.74 Å². The standard InChI is InChI=1S/C17H19NO4S/c1-10-9-18-16(23-10)11-6-12(17(20)21-2)8-13(7-11)22-15-5-3-4-14(15)19/h6-9,14-15,19H,3-5H2,1-2H3. The van der Waals surface area contributed by atoms with Crippen LogP contribution in [0.4, 0.5) is 0 Å². The molecule has 122 valence electrons. The smallest absolute Gasteiger partial charge is 0.338 e. The van der Waals surface area contributed by atoms with E-state index in [0.29, 0.717) is 11.3 Å². The number of aliphatic hydroxyl groups excluding tert-OH is 1. The predicted octanol–water partition coefficient (Wildman–Crippen LogP) is 3.20. The van der Waals surface area contributed by atoms with Crippen molar-refractivity contribution in [3.8, 4) is 16.3 Å². The Morgan fingerprint density at radius 1 is 1.35 bits per heavy atom. The summed E-state index contributed by atoms with van der Waals surface area (Å²) in [7, 11) is 1.35. The van der Waals surface area contributed by atoms with Crippen molar-refractivity contribution in [1.29, 1.82) is 0 Å². The van der Waals surface area contributed by atoms with E-state index in [9.17, 15) is 9.90 Å². The maximum Gasteiger partial charge on any atom is 0.338 e. The number of aromatic nitrogens is 1. The third-order valence-electron chi connectivity index (χ3n) is 3.90. The summed E-state index contributed by atoms with van der Waals surface area (Å²) in [5, 5.41) is 10.8. The van der Waals surface area contributed by atoms with Gasteiger partial charge in [-0.15, -0.1) is 11.3 Å². The summed E-state index contributed by atoms with van der Waals surface area (Å²) >= 11 is 1.55. The number of hydrogen-bond acceptors (Lipinski definition) is 6. The largest absolute Gasteiger partial charge is 0.488 e. The molecule has 0 aliphatic heterocycles. The van der Waals surface area contributed by atoms with E-state index in [1.807, 2.05) is 13.0 Å². The van der Waals surface area contributed by atoms with Crippen molar-refractivity contribution in [2.45, 2.75) is 38.4 Å². The molecule has 0 saturated heterocycles. The van der Waals surface area contributed by atoms with Gasteiger partial charge in [-0.2, -0.15) is 0 Å². The number of esters is 1. The van der Waals surface area contributed by atoms with Gasteiger partial charge in [0.2, 0.25) is 0 Å². The van der Waals surface area contributed by atoms with Crippen molar-refractivity contribution in [2.75, 3.05) is 7.11 Å². The predicted molar refractivity (Wildman–Crippen MR) is 87.9 cm³/mol. The number of nitrogens with zero attached hydrogens (tertiary/aromatic N) is 1. The van der Waals surface area contributed by atoms with Gasteiger partial charge >= 0.3 is 5.97 Å². The summed E-state index contributed by atoms with van der Waals surface area (Å²) in [5.74, 6) is 0.138. The quantitative estimate of drug-likeness (QED) is 0.870. The molecule has 3 rings (SSSR count). The Labute approximate surface area is 138 Å². The van der Waals surface area contributed by atoms with E-state index in [1.165, 1.54) is 7.11 Å². The van der Waals surface area contributed by atoms with E-state index in [0.717, 1.165) is 34.7 Å². The van der Waals surface area contributed by atoms with Crippen LogP contribution in [0.2, 0.25) is 0 Å². The lowest BCUT2D eigenvalue weighted by atomic mass is 10.1. The fourth-order valence-corrected chi connectivity index (χ4v) is 3.48. The average Bonchev–Trinajstić information content (AvgIpc) is 3.15. The molecule has 0 spiro atoms. The van der Waals surface area contributed by atoms with Crippen LogP contribution in [0.5, 0.6) is 5.75 Å². The summed E-state index contributed by atoms with van der Waals surface area (Å²) in [6, 6.07) is 5.26. The third-order valence-corrected chi connectivity index (χ3v) is 4.86. The van der Waals surface area contributed by atoms with Crippen molar-refractivity contribution in [1.82, 2.24) is 4.98 Å². The highest BCUT2D eigenvalue weighted by molar-refractivity contribution is 7.14. The number of ether oxygens (including phenoxy) is 2. The minimum absolute atomic E-state index is 0.228. The minimum atomic E-state index is -0.456. The van der Waals surface area contributed by atoms with Crippen LogP contribution in [0, 0.1) is 6.92 Å². The first-order chi connectivity index (χ1) is 11.1. The van der Waals surface area contributed by atoms with Gasteiger partial charge in [0.15, 0.2) is 0 Å². The molecule has 1 aliphatic carbocycles. The lowest BCUT2D eigenvalue weighted by Crippen LogP contribution is -2.25. The molecular weight excluding hydrogens is 314 g/mol. The van der Waals surface area contributed by atoms with Gasteiger partial charge in [0, 0.05) is 16.6 Å². The van der Waals surface area contributed by atoms with E-state index in [-0.39, 0.29) is 6.10 Å². The molecule has 2 unspecified atom stereocenters. The van der Waals surface area contributed by atoms with Gasteiger partial charge in [-0.1, -0.05) is 0 Å². The van der Waals surface area contributed by atoms with E-state index < -0.39 is 12.1 Å². The monoisotopic (exact) mass is 333 g/mol. The number of aliphatic hydroxyl groups is 1. The molecule has 0 bridgehead atoms. The zero-order valence-electron chi connectivity index (χ0n) is 13.1. The first-order valence-corrected chi connectivity index (χ1v) is 8.39. The van der Waals surface area contributed by atoms with Crippen LogP contribution in [-0.4, -0.2) is 35.4 Å². The highest BCUT2D eigenvalue weighted by Crippen LogP contribution is 2.32. The van der Waals surface area contributed by atoms with E-state index in [2.05, 4.69) is 4.98 Å². The van der Waals surface area contributed by atoms with Crippen LogP contribution in [0.1, 0.15) is 34.5 Å². The maximum atomic E-state index is 11.9. The topological polar surface area (TPSA) is 68.7 Å². The van der Waals surface area contributed by atoms with Gasteiger partial charge in [0.05, 0.1) is 18.8 Å². The van der Waals surface area contributed by atoms with Crippen molar-refractivity contribution < 1.29 is 19.4 Å². The maximum absolute atomic E-state index is 11.9. The summed E-state index contributed by atoms with van der Waals surface area (Å²) in [5.41, 5.74) is 1.23. The molecule has 23 heavy (non-hydrogen) atoms. The molecule has 2 aromatic rings. The summed E-state index contributed by atoms with van der Waals surface area (Å²) in [6.07, 6.45) is 3.62. The molecule has 1 N–H and O–H groups in total. The van der Waals surface area contributed by atoms with Crippen molar-refractivity contribution in [3.63, 3.8) is 0 Å². The molecule has 1 aliphatic rings. The van der Waals surface area contributed by atoms with Gasteiger partial charge in [0.25, 0.3) is 0 Å². The van der Waals surface area contributed by atoms with Gasteiger partial charge < -0.3 is 14.6 Å². The Morgan fingerprint density at radius 2 is 2.17 bits per heavy atom. The number of aryl methyl sites for hydroxylation is 1. The zero-order chi connectivity index (χ0) is 16.4. The number of methoxy groups -OCH3 is 1. The van der Waals surface area contributed by atoms with Crippen LogP contribution in [0.15, 0.2) is 24.4 Å². The first kappa shape index (κ1) is 16.0. The fraction of sp³-hybridized carbons (Fsp3) is 0.412. The fourth-order valence-electron chi connectivity index (χ4n) is 2.73. The SMILES string of the molecule is COC(=O)c1cc(OC2CCCC2O)cc(-c2ncc(C)s2)c1. The van der Waals surface area contributed by atoms with Crippen molar-refractivity contribution in [2.24, 2.45) is 0 Å². The Morgan fingerprint density at radius 3 is 2.78 bits per heavy atom. The van der Waals surface area contributed by atoms with E-state index in [1.54, 1.807) is 29.7 Å². The number of benzene rings is 1. The van der Waals surface area contributed by atoms with E-state index >= 15 is 0 Å². The summed E-state index contributed by atoms with van der Waals surface area (Å²) in [6.45, 7) is 1.98. The molecule has 0 radical (unpaired) electrons. The molecule has 1 aromatic carbocycles. The molecular formula is C17H19NO4S. The minimum Gasteiger partial charge on any atom is -0.488 e. The Bertz CT molecular complexity index is 712. The van der Waals surface area contributed by atoms with Crippen LogP contribution in [0.3, 0.4) is 0 Å².